The average Bonchev–Trinajstić information content (AvgIpc) is 2.29. The Morgan fingerprint density at radius 3 is 3.06 bits per heavy atom. The zero-order valence-corrected chi connectivity index (χ0v) is 9.55. The fourth-order valence-electron chi connectivity index (χ4n) is 1.10. The Hall–Kier alpha value is -1.24. The summed E-state index contributed by atoms with van der Waals surface area (Å²) in [7, 11) is 0. The maximum absolute atomic E-state index is 11.6. The van der Waals surface area contributed by atoms with E-state index >= 15 is 0 Å². The van der Waals surface area contributed by atoms with Crippen molar-refractivity contribution >= 4 is 18.1 Å². The fourth-order valence-corrected chi connectivity index (χ4v) is 1.33. The van der Waals surface area contributed by atoms with Crippen LogP contribution in [-0.2, 0) is 4.74 Å². The molecule has 0 atom stereocenters. The predicted octanol–water partition coefficient (Wildman–Crippen LogP) is 0.483. The molecule has 1 aromatic rings. The number of rotatable bonds is 6. The Labute approximate surface area is 98.5 Å². The lowest BCUT2D eigenvalue weighted by Crippen LogP contribution is -2.27. The molecule has 0 aliphatic rings. The highest BCUT2D eigenvalue weighted by molar-refractivity contribution is 7.71. The molecule has 1 rings (SSSR count). The van der Waals surface area contributed by atoms with Gasteiger partial charge in [0.1, 0.15) is 4.64 Å². The van der Waals surface area contributed by atoms with Crippen molar-refractivity contribution in [2.24, 2.45) is 0 Å². The number of hydrogen-bond donors (Lipinski definition) is 3. The summed E-state index contributed by atoms with van der Waals surface area (Å²) < 4.78 is 5.41. The van der Waals surface area contributed by atoms with E-state index in [9.17, 15) is 4.79 Å². The van der Waals surface area contributed by atoms with E-state index in [1.54, 1.807) is 18.3 Å². The highest BCUT2D eigenvalue weighted by Gasteiger charge is 2.05. The smallest absolute Gasteiger partial charge is 0.254 e. The lowest BCUT2D eigenvalue weighted by molar-refractivity contribution is 0.0837. The number of aliphatic hydroxyl groups excluding tert-OH is 1. The highest BCUT2D eigenvalue weighted by Crippen LogP contribution is 1.98. The zero-order valence-electron chi connectivity index (χ0n) is 8.73. The molecular formula is C10H14N2O3S. The Bertz CT molecular complexity index is 392. The molecule has 0 saturated carbocycles. The molecule has 0 aromatic carbocycles. The van der Waals surface area contributed by atoms with Gasteiger partial charge in [0.2, 0.25) is 0 Å². The van der Waals surface area contributed by atoms with Gasteiger partial charge in [0.15, 0.2) is 0 Å². The largest absolute Gasteiger partial charge is 0.394 e. The van der Waals surface area contributed by atoms with Crippen molar-refractivity contribution in [3.05, 3.63) is 28.5 Å². The summed E-state index contributed by atoms with van der Waals surface area (Å²) in [6.45, 7) is 1.03. The van der Waals surface area contributed by atoms with Gasteiger partial charge < -0.3 is 20.1 Å². The van der Waals surface area contributed by atoms with Crippen molar-refractivity contribution in [2.75, 3.05) is 26.4 Å². The molecule has 5 nitrogen and oxygen atoms in total. The number of nitrogens with one attached hydrogen (secondary N) is 2. The third-order valence-corrected chi connectivity index (χ3v) is 2.17. The molecule has 0 unspecified atom stereocenters. The molecule has 0 saturated heterocycles. The molecule has 1 amide bonds. The number of aromatic nitrogens is 1. The summed E-state index contributed by atoms with van der Waals surface area (Å²) in [6, 6.07) is 3.37. The second kappa shape index (κ2) is 7.10. The molecule has 0 bridgehead atoms. The van der Waals surface area contributed by atoms with E-state index in [2.05, 4.69) is 10.3 Å². The second-order valence-corrected chi connectivity index (χ2v) is 3.41. The Balaban J connectivity index is 2.36. The van der Waals surface area contributed by atoms with Gasteiger partial charge in [0.05, 0.1) is 25.4 Å². The topological polar surface area (TPSA) is 74.3 Å². The molecule has 0 fully saturated rings. The lowest BCUT2D eigenvalue weighted by Gasteiger charge is -2.05. The van der Waals surface area contributed by atoms with E-state index in [0.29, 0.717) is 23.4 Å². The first-order valence-electron chi connectivity index (χ1n) is 4.90. The first-order valence-corrected chi connectivity index (χ1v) is 5.31. The van der Waals surface area contributed by atoms with Gasteiger partial charge in [-0.2, -0.15) is 0 Å². The average molecular weight is 242 g/mol. The summed E-state index contributed by atoms with van der Waals surface area (Å²) in [5.41, 5.74) is 0.444. The van der Waals surface area contributed by atoms with Gasteiger partial charge in [-0.1, -0.05) is 12.2 Å². The van der Waals surface area contributed by atoms with E-state index in [4.69, 9.17) is 22.1 Å². The van der Waals surface area contributed by atoms with E-state index < -0.39 is 0 Å². The molecule has 0 spiro atoms. The minimum Gasteiger partial charge on any atom is -0.394 e. The van der Waals surface area contributed by atoms with E-state index in [1.165, 1.54) is 0 Å². The first kappa shape index (κ1) is 12.8. The van der Waals surface area contributed by atoms with Crippen molar-refractivity contribution in [1.29, 1.82) is 0 Å². The number of aromatic amines is 1. The van der Waals surface area contributed by atoms with Crippen molar-refractivity contribution in [3.8, 4) is 0 Å². The third-order valence-electron chi connectivity index (χ3n) is 1.83. The minimum atomic E-state index is -0.227. The van der Waals surface area contributed by atoms with Gasteiger partial charge in [-0.25, -0.2) is 0 Å². The lowest BCUT2D eigenvalue weighted by atomic mass is 10.3. The third kappa shape index (κ3) is 4.09. The number of carbonyl (C=O) groups excluding carboxylic acids is 1. The number of aliphatic hydroxyl groups is 1. The van der Waals surface area contributed by atoms with Gasteiger partial charge in [0, 0.05) is 12.7 Å². The number of carbonyl (C=O) groups is 1. The minimum absolute atomic E-state index is 0.0160. The van der Waals surface area contributed by atoms with Gasteiger partial charge in [0.25, 0.3) is 5.91 Å². The molecule has 3 N–H and O–H groups in total. The number of ether oxygens (including phenoxy) is 1. The summed E-state index contributed by atoms with van der Waals surface area (Å²) in [6.07, 6.45) is 1.67. The summed E-state index contributed by atoms with van der Waals surface area (Å²) in [5.74, 6) is -0.227. The molecule has 1 heterocycles. The number of hydrogen-bond acceptors (Lipinski definition) is 4. The number of pyridine rings is 1. The van der Waals surface area contributed by atoms with Gasteiger partial charge in [-0.15, -0.1) is 0 Å². The Morgan fingerprint density at radius 2 is 2.38 bits per heavy atom. The van der Waals surface area contributed by atoms with Crippen molar-refractivity contribution < 1.29 is 14.6 Å². The van der Waals surface area contributed by atoms with Crippen molar-refractivity contribution in [2.45, 2.75) is 0 Å². The van der Waals surface area contributed by atoms with Crippen LogP contribution in [0.15, 0.2) is 18.3 Å². The van der Waals surface area contributed by atoms with Crippen molar-refractivity contribution in [1.82, 2.24) is 10.3 Å². The first-order chi connectivity index (χ1) is 7.75. The number of H-pyrrole nitrogens is 1. The molecule has 1 aromatic heterocycles. The van der Waals surface area contributed by atoms with Crippen LogP contribution in [0, 0.1) is 4.64 Å². The Morgan fingerprint density at radius 1 is 1.56 bits per heavy atom. The van der Waals surface area contributed by atoms with Crippen LogP contribution in [0.4, 0.5) is 0 Å². The van der Waals surface area contributed by atoms with Crippen LogP contribution in [0.25, 0.3) is 0 Å². The van der Waals surface area contributed by atoms with Crippen LogP contribution in [0.2, 0.25) is 0 Å². The second-order valence-electron chi connectivity index (χ2n) is 3.00. The quantitative estimate of drug-likeness (QED) is 0.501. The Kier molecular flexibility index (Phi) is 5.69. The summed E-state index contributed by atoms with van der Waals surface area (Å²) >= 11 is 4.97. The van der Waals surface area contributed by atoms with Crippen LogP contribution in [0.3, 0.4) is 0 Å². The van der Waals surface area contributed by atoms with Crippen LogP contribution in [0.5, 0.6) is 0 Å². The monoisotopic (exact) mass is 242 g/mol. The van der Waals surface area contributed by atoms with Crippen LogP contribution in [0.1, 0.15) is 10.4 Å². The van der Waals surface area contributed by atoms with Crippen LogP contribution >= 0.6 is 12.2 Å². The maximum atomic E-state index is 11.6. The normalized spacial score (nSPS) is 10.1. The maximum Gasteiger partial charge on any atom is 0.254 e. The van der Waals surface area contributed by atoms with Crippen LogP contribution < -0.4 is 5.32 Å². The number of amides is 1. The fraction of sp³-hybridized carbons (Fsp3) is 0.400. The van der Waals surface area contributed by atoms with Crippen molar-refractivity contribution in [3.63, 3.8) is 0 Å². The molecule has 88 valence electrons. The highest BCUT2D eigenvalue weighted by atomic mass is 32.1. The van der Waals surface area contributed by atoms with Gasteiger partial charge in [-0.3, -0.25) is 4.79 Å². The van der Waals surface area contributed by atoms with E-state index in [-0.39, 0.29) is 19.1 Å². The molecule has 16 heavy (non-hydrogen) atoms. The van der Waals surface area contributed by atoms with E-state index in [1.807, 2.05) is 0 Å². The zero-order chi connectivity index (χ0) is 11.8. The van der Waals surface area contributed by atoms with E-state index in [0.717, 1.165) is 0 Å². The summed E-state index contributed by atoms with van der Waals surface area (Å²) in [4.78, 5) is 14.4. The molecule has 0 aliphatic heterocycles. The molecule has 0 radical (unpaired) electrons. The predicted molar refractivity (Wildman–Crippen MR) is 61.9 cm³/mol. The summed E-state index contributed by atoms with van der Waals surface area (Å²) in [5, 5.41) is 11.1. The standard InChI is InChI=1S/C10H14N2O3S/c13-5-7-15-6-4-11-9(14)8-2-1-3-12-10(8)16/h1-3,13H,4-7H2,(H,11,14)(H,12,16). The van der Waals surface area contributed by atoms with Gasteiger partial charge in [-0.05, 0) is 12.1 Å². The molecule has 0 aliphatic carbocycles. The molecule has 6 heteroatoms. The van der Waals surface area contributed by atoms with Crippen LogP contribution in [-0.4, -0.2) is 42.4 Å². The molecular weight excluding hydrogens is 228 g/mol. The van der Waals surface area contributed by atoms with Gasteiger partial charge >= 0.3 is 0 Å². The SMILES string of the molecule is O=C(NCCOCCO)c1ccc[nH]c1=S.